The third-order valence-electron chi connectivity index (χ3n) is 3.53. The van der Waals surface area contributed by atoms with Gasteiger partial charge in [-0.25, -0.2) is 9.97 Å². The molecule has 1 heterocycles. The third kappa shape index (κ3) is 5.02. The largest absolute Gasteiger partial charge is 0.236 e. The van der Waals surface area contributed by atoms with Gasteiger partial charge in [-0.2, -0.15) is 11.8 Å². The van der Waals surface area contributed by atoms with E-state index in [1.807, 2.05) is 11.8 Å². The minimum atomic E-state index is 0.591. The van der Waals surface area contributed by atoms with E-state index in [0.29, 0.717) is 11.1 Å². The molecule has 0 spiro atoms. The van der Waals surface area contributed by atoms with Crippen molar-refractivity contribution < 1.29 is 0 Å². The molecule has 2 nitrogen and oxygen atoms in total. The summed E-state index contributed by atoms with van der Waals surface area (Å²) in [6.45, 7) is 4.42. The smallest absolute Gasteiger partial charge is 0.146 e. The summed E-state index contributed by atoms with van der Waals surface area (Å²) >= 11 is 10.5. The van der Waals surface area contributed by atoms with E-state index in [1.165, 1.54) is 32.1 Å². The minimum Gasteiger partial charge on any atom is -0.236 e. The van der Waals surface area contributed by atoms with E-state index in [2.05, 4.69) is 41.4 Å². The maximum atomic E-state index is 6.26. The van der Waals surface area contributed by atoms with Gasteiger partial charge in [0.25, 0.3) is 0 Å². The summed E-state index contributed by atoms with van der Waals surface area (Å²) in [5.41, 5.74) is 1.11. The third-order valence-corrected chi connectivity index (χ3v) is 6.62. The van der Waals surface area contributed by atoms with E-state index in [1.54, 1.807) is 0 Å². The van der Waals surface area contributed by atoms with Crippen LogP contribution in [0.4, 0.5) is 0 Å². The second kappa shape index (κ2) is 8.18. The minimum absolute atomic E-state index is 0.591. The molecule has 0 atom stereocenters. The van der Waals surface area contributed by atoms with Gasteiger partial charge in [0.2, 0.25) is 0 Å². The molecule has 20 heavy (non-hydrogen) atoms. The summed E-state index contributed by atoms with van der Waals surface area (Å²) in [6.07, 6.45) is 7.83. The normalized spacial score (nSPS) is 16.9. The van der Waals surface area contributed by atoms with Crippen LogP contribution in [0.2, 0.25) is 5.15 Å². The Balaban J connectivity index is 2.01. The molecule has 1 aliphatic carbocycles. The van der Waals surface area contributed by atoms with Crippen LogP contribution in [0, 0.1) is 9.49 Å². The fraction of sp³-hybridized carbons (Fsp3) is 0.733. The Bertz CT molecular complexity index is 448. The topological polar surface area (TPSA) is 25.8 Å². The predicted octanol–water partition coefficient (Wildman–Crippen LogP) is 5.50. The molecule has 0 amide bonds. The van der Waals surface area contributed by atoms with Gasteiger partial charge >= 0.3 is 0 Å². The van der Waals surface area contributed by atoms with Crippen LogP contribution < -0.4 is 0 Å². The number of aromatic nitrogens is 2. The van der Waals surface area contributed by atoms with Gasteiger partial charge in [-0.1, -0.05) is 44.7 Å². The molecule has 1 aromatic rings. The second-order valence-corrected chi connectivity index (χ2v) is 8.59. The zero-order valence-electron chi connectivity index (χ0n) is 12.2. The van der Waals surface area contributed by atoms with E-state index in [4.69, 9.17) is 16.6 Å². The van der Waals surface area contributed by atoms with Crippen molar-refractivity contribution in [3.05, 3.63) is 20.2 Å². The van der Waals surface area contributed by atoms with Crippen LogP contribution in [0.5, 0.6) is 0 Å². The molecular formula is C15H22ClIN2S. The van der Waals surface area contributed by atoms with Crippen molar-refractivity contribution in [1.29, 1.82) is 0 Å². The Kier molecular flexibility index (Phi) is 6.88. The molecule has 0 unspecified atom stereocenters. The highest BCUT2D eigenvalue weighted by atomic mass is 127. The molecule has 0 radical (unpaired) electrons. The molecule has 0 saturated heterocycles. The van der Waals surface area contributed by atoms with Crippen LogP contribution in [-0.2, 0) is 12.2 Å². The van der Waals surface area contributed by atoms with Crippen LogP contribution in [0.25, 0.3) is 0 Å². The van der Waals surface area contributed by atoms with Gasteiger partial charge in [0.05, 0.1) is 15.0 Å². The second-order valence-electron chi connectivity index (χ2n) is 5.86. The average Bonchev–Trinajstić information content (AvgIpc) is 2.42. The lowest BCUT2D eigenvalue weighted by atomic mass is 10.0. The number of nitrogens with zero attached hydrogens (tertiary/aromatic N) is 2. The number of hydrogen-bond acceptors (Lipinski definition) is 3. The summed E-state index contributed by atoms with van der Waals surface area (Å²) in [6, 6.07) is 0. The lowest BCUT2D eigenvalue weighted by molar-refractivity contribution is 0.516. The first kappa shape index (κ1) is 16.8. The highest BCUT2D eigenvalue weighted by molar-refractivity contribution is 14.1. The van der Waals surface area contributed by atoms with E-state index in [-0.39, 0.29) is 0 Å². The van der Waals surface area contributed by atoms with Gasteiger partial charge in [0.1, 0.15) is 11.0 Å². The van der Waals surface area contributed by atoms with Crippen molar-refractivity contribution in [2.75, 3.05) is 0 Å². The van der Waals surface area contributed by atoms with Gasteiger partial charge in [0.15, 0.2) is 0 Å². The van der Waals surface area contributed by atoms with E-state index >= 15 is 0 Å². The Hall–Kier alpha value is 0.450. The highest BCUT2D eigenvalue weighted by Gasteiger charge is 2.16. The number of thioether (sulfide) groups is 1. The zero-order valence-corrected chi connectivity index (χ0v) is 15.9. The molecule has 1 fully saturated rings. The summed E-state index contributed by atoms with van der Waals surface area (Å²) in [5.74, 6) is 2.39. The van der Waals surface area contributed by atoms with Crippen LogP contribution in [0.3, 0.4) is 0 Å². The van der Waals surface area contributed by atoms with E-state index in [9.17, 15) is 0 Å². The Morgan fingerprint density at radius 2 is 1.95 bits per heavy atom. The van der Waals surface area contributed by atoms with E-state index in [0.717, 1.165) is 32.5 Å². The molecule has 0 bridgehead atoms. The molecule has 0 aromatic carbocycles. The predicted molar refractivity (Wildman–Crippen MR) is 96.5 cm³/mol. The van der Waals surface area contributed by atoms with Gasteiger partial charge in [-0.3, -0.25) is 0 Å². The highest BCUT2D eigenvalue weighted by Crippen LogP contribution is 2.30. The summed E-state index contributed by atoms with van der Waals surface area (Å²) < 4.78 is 1.02. The Labute approximate surface area is 145 Å². The van der Waals surface area contributed by atoms with E-state index < -0.39 is 0 Å². The molecule has 2 rings (SSSR count). The lowest BCUT2D eigenvalue weighted by Gasteiger charge is -2.20. The molecule has 0 N–H and O–H groups in total. The first-order chi connectivity index (χ1) is 9.56. The van der Waals surface area contributed by atoms with Crippen molar-refractivity contribution in [3.8, 4) is 0 Å². The maximum absolute atomic E-state index is 6.26. The summed E-state index contributed by atoms with van der Waals surface area (Å²) in [5, 5.41) is 1.41. The fourth-order valence-electron chi connectivity index (χ4n) is 2.52. The monoisotopic (exact) mass is 424 g/mol. The van der Waals surface area contributed by atoms with Crippen molar-refractivity contribution in [2.45, 2.75) is 63.4 Å². The van der Waals surface area contributed by atoms with Crippen molar-refractivity contribution in [3.63, 3.8) is 0 Å². The van der Waals surface area contributed by atoms with Crippen LogP contribution in [0.15, 0.2) is 0 Å². The molecule has 1 aromatic heterocycles. The van der Waals surface area contributed by atoms with Crippen LogP contribution >= 0.6 is 46.0 Å². The molecule has 5 heteroatoms. The molecule has 1 saturated carbocycles. The standard InChI is InChI=1S/C15H22ClIN2S/c1-10(2)8-12-14(17)15(16)19-13(18-12)9-20-11-6-4-3-5-7-11/h10-11H,3-9H2,1-2H3. The fourth-order valence-corrected chi connectivity index (χ4v) is 4.37. The quantitative estimate of drug-likeness (QED) is 0.461. The first-order valence-corrected chi connectivity index (χ1v) is 9.89. The van der Waals surface area contributed by atoms with Crippen molar-refractivity contribution in [2.24, 2.45) is 5.92 Å². The van der Waals surface area contributed by atoms with Crippen LogP contribution in [0.1, 0.15) is 57.5 Å². The van der Waals surface area contributed by atoms with Crippen LogP contribution in [-0.4, -0.2) is 15.2 Å². The first-order valence-electron chi connectivity index (χ1n) is 7.38. The van der Waals surface area contributed by atoms with Gasteiger partial charge in [-0.15, -0.1) is 0 Å². The average molecular weight is 425 g/mol. The Morgan fingerprint density at radius 1 is 1.25 bits per heavy atom. The summed E-state index contributed by atoms with van der Waals surface area (Å²) in [4.78, 5) is 9.18. The number of hydrogen-bond donors (Lipinski definition) is 0. The molecule has 1 aliphatic rings. The number of halogens is 2. The zero-order chi connectivity index (χ0) is 14.5. The Morgan fingerprint density at radius 3 is 2.60 bits per heavy atom. The summed E-state index contributed by atoms with van der Waals surface area (Å²) in [7, 11) is 0. The van der Waals surface area contributed by atoms with Crippen molar-refractivity contribution >= 4 is 46.0 Å². The molecule has 0 aliphatic heterocycles. The van der Waals surface area contributed by atoms with Gasteiger partial charge in [-0.05, 0) is 47.8 Å². The SMILES string of the molecule is CC(C)Cc1nc(CSC2CCCCC2)nc(Cl)c1I. The van der Waals surface area contributed by atoms with Gasteiger partial charge < -0.3 is 0 Å². The molecule has 112 valence electrons. The van der Waals surface area contributed by atoms with Crippen molar-refractivity contribution in [1.82, 2.24) is 9.97 Å². The number of rotatable bonds is 5. The van der Waals surface area contributed by atoms with Gasteiger partial charge in [0, 0.05) is 5.25 Å². The maximum Gasteiger partial charge on any atom is 0.146 e. The lowest BCUT2D eigenvalue weighted by Crippen LogP contribution is -2.10. The molecular weight excluding hydrogens is 403 g/mol.